The van der Waals surface area contributed by atoms with E-state index in [4.69, 9.17) is 5.73 Å². The molecule has 116 valence electrons. The second-order valence-corrected chi connectivity index (χ2v) is 5.65. The zero-order valence-electron chi connectivity index (χ0n) is 12.6. The minimum atomic E-state index is -0.316. The lowest BCUT2D eigenvalue weighted by Gasteiger charge is -2.30. The van der Waals surface area contributed by atoms with E-state index in [1.54, 1.807) is 0 Å². The van der Waals surface area contributed by atoms with Crippen LogP contribution in [-0.2, 0) is 16.1 Å². The zero-order valence-corrected chi connectivity index (χ0v) is 12.6. The molecule has 0 atom stereocenters. The Morgan fingerprint density at radius 3 is 2.57 bits per heavy atom. The number of rotatable bonds is 5. The second kappa shape index (κ2) is 6.71. The molecule has 1 aliphatic rings. The fourth-order valence-electron chi connectivity index (χ4n) is 2.73. The number of hydrogen-bond donors (Lipinski definition) is 3. The molecular formula is C14H23N5O2. The highest BCUT2D eigenvalue weighted by Gasteiger charge is 2.25. The predicted molar refractivity (Wildman–Crippen MR) is 78.3 cm³/mol. The summed E-state index contributed by atoms with van der Waals surface area (Å²) in [6.45, 7) is 6.14. The summed E-state index contributed by atoms with van der Waals surface area (Å²) in [7, 11) is 0. The molecule has 0 aromatic carbocycles. The van der Waals surface area contributed by atoms with Gasteiger partial charge in [0, 0.05) is 23.7 Å². The number of hydrogen-bond acceptors (Lipinski definition) is 4. The predicted octanol–water partition coefficient (Wildman–Crippen LogP) is -0.160. The maximum absolute atomic E-state index is 12.2. The first-order valence-corrected chi connectivity index (χ1v) is 7.26. The molecule has 0 unspecified atom stereocenters. The number of nitrogens with two attached hydrogens (primary N) is 1. The Morgan fingerprint density at radius 1 is 1.38 bits per heavy atom. The summed E-state index contributed by atoms with van der Waals surface area (Å²) in [5, 5.41) is 10.0. The van der Waals surface area contributed by atoms with Gasteiger partial charge < -0.3 is 11.1 Å². The fraction of sp³-hybridized carbons (Fsp3) is 0.643. The third-order valence-corrected chi connectivity index (χ3v) is 4.06. The first-order chi connectivity index (χ1) is 9.97. The Bertz CT molecular complexity index is 498. The van der Waals surface area contributed by atoms with Gasteiger partial charge in [-0.3, -0.25) is 19.6 Å². The molecule has 0 saturated carbocycles. The molecule has 1 aromatic rings. The first-order valence-electron chi connectivity index (χ1n) is 7.26. The van der Waals surface area contributed by atoms with E-state index >= 15 is 0 Å². The van der Waals surface area contributed by atoms with Crippen LogP contribution in [0.1, 0.15) is 29.8 Å². The summed E-state index contributed by atoms with van der Waals surface area (Å²) in [6.07, 6.45) is 1.53. The molecule has 1 fully saturated rings. The van der Waals surface area contributed by atoms with Crippen molar-refractivity contribution in [3.05, 3.63) is 17.0 Å². The summed E-state index contributed by atoms with van der Waals surface area (Å²) >= 11 is 0. The van der Waals surface area contributed by atoms with Crippen LogP contribution < -0.4 is 11.1 Å². The summed E-state index contributed by atoms with van der Waals surface area (Å²) in [5.74, 6) is -0.223. The van der Waals surface area contributed by atoms with E-state index in [1.807, 2.05) is 18.7 Å². The van der Waals surface area contributed by atoms with Gasteiger partial charge >= 0.3 is 0 Å². The van der Waals surface area contributed by atoms with Gasteiger partial charge in [-0.15, -0.1) is 0 Å². The highest BCUT2D eigenvalue weighted by molar-refractivity contribution is 5.79. The number of carbonyl (C=O) groups excluding carboxylic acids is 2. The number of likely N-dealkylation sites (tertiary alicyclic amines) is 1. The normalized spacial score (nSPS) is 16.9. The van der Waals surface area contributed by atoms with Crippen LogP contribution in [0, 0.1) is 19.8 Å². The monoisotopic (exact) mass is 293 g/mol. The maximum atomic E-state index is 12.2. The molecular weight excluding hydrogens is 270 g/mol. The maximum Gasteiger partial charge on any atom is 0.231 e. The highest BCUT2D eigenvalue weighted by atomic mass is 16.2. The Kier molecular flexibility index (Phi) is 4.95. The van der Waals surface area contributed by atoms with Gasteiger partial charge in [0.05, 0.1) is 12.2 Å². The third-order valence-electron chi connectivity index (χ3n) is 4.06. The van der Waals surface area contributed by atoms with Crippen molar-refractivity contribution in [2.45, 2.75) is 33.2 Å². The quantitative estimate of drug-likeness (QED) is 0.701. The van der Waals surface area contributed by atoms with Crippen molar-refractivity contribution in [1.29, 1.82) is 0 Å². The topological polar surface area (TPSA) is 104 Å². The van der Waals surface area contributed by atoms with Crippen molar-refractivity contribution < 1.29 is 9.59 Å². The van der Waals surface area contributed by atoms with Crippen molar-refractivity contribution in [1.82, 2.24) is 20.4 Å². The number of primary amides is 1. The standard InChI is InChI=1S/C14H23N5O2/c1-9-12(10(2)18-17-9)7-16-14(21)11-3-5-19(6-4-11)8-13(15)20/h11H,3-8H2,1-2H3,(H2,15,20)(H,16,21)(H,17,18). The molecule has 0 bridgehead atoms. The van der Waals surface area contributed by atoms with Crippen LogP contribution in [0.5, 0.6) is 0 Å². The molecule has 1 aromatic heterocycles. The molecule has 0 radical (unpaired) electrons. The smallest absolute Gasteiger partial charge is 0.231 e. The number of aromatic amines is 1. The zero-order chi connectivity index (χ0) is 15.4. The molecule has 7 nitrogen and oxygen atoms in total. The van der Waals surface area contributed by atoms with Crippen molar-refractivity contribution in [2.75, 3.05) is 19.6 Å². The summed E-state index contributed by atoms with van der Waals surface area (Å²) < 4.78 is 0. The van der Waals surface area contributed by atoms with Crippen LogP contribution in [0.3, 0.4) is 0 Å². The highest BCUT2D eigenvalue weighted by Crippen LogP contribution is 2.17. The number of H-pyrrole nitrogens is 1. The molecule has 7 heteroatoms. The second-order valence-electron chi connectivity index (χ2n) is 5.65. The number of nitrogens with zero attached hydrogens (tertiary/aromatic N) is 2. The van der Waals surface area contributed by atoms with E-state index in [-0.39, 0.29) is 24.3 Å². The molecule has 1 saturated heterocycles. The number of carbonyl (C=O) groups is 2. The Morgan fingerprint density at radius 2 is 2.05 bits per heavy atom. The summed E-state index contributed by atoms with van der Waals surface area (Å²) in [4.78, 5) is 25.1. The van der Waals surface area contributed by atoms with Gasteiger partial charge in [0.2, 0.25) is 11.8 Å². The number of amides is 2. The van der Waals surface area contributed by atoms with Gasteiger partial charge in [-0.05, 0) is 39.8 Å². The average Bonchev–Trinajstić information content (AvgIpc) is 2.75. The van der Waals surface area contributed by atoms with Crippen LogP contribution in [0.4, 0.5) is 0 Å². The Balaban J connectivity index is 1.79. The van der Waals surface area contributed by atoms with Crippen molar-refractivity contribution in [3.8, 4) is 0 Å². The van der Waals surface area contributed by atoms with Crippen molar-refractivity contribution >= 4 is 11.8 Å². The SMILES string of the molecule is Cc1n[nH]c(C)c1CNC(=O)C1CCN(CC(N)=O)CC1. The van der Waals surface area contributed by atoms with Crippen LogP contribution in [0.25, 0.3) is 0 Å². The number of aromatic nitrogens is 2. The van der Waals surface area contributed by atoms with E-state index in [0.717, 1.165) is 42.9 Å². The number of nitrogens with one attached hydrogen (secondary N) is 2. The molecule has 2 heterocycles. The third kappa shape index (κ3) is 4.04. The molecule has 21 heavy (non-hydrogen) atoms. The van der Waals surface area contributed by atoms with Gasteiger partial charge in [0.1, 0.15) is 0 Å². The van der Waals surface area contributed by atoms with Gasteiger partial charge in [-0.2, -0.15) is 5.10 Å². The van der Waals surface area contributed by atoms with Crippen LogP contribution in [-0.4, -0.2) is 46.5 Å². The lowest BCUT2D eigenvalue weighted by Crippen LogP contribution is -2.43. The van der Waals surface area contributed by atoms with Crippen LogP contribution in [0.2, 0.25) is 0 Å². The molecule has 4 N–H and O–H groups in total. The van der Waals surface area contributed by atoms with E-state index in [1.165, 1.54) is 0 Å². The van der Waals surface area contributed by atoms with E-state index in [0.29, 0.717) is 6.54 Å². The average molecular weight is 293 g/mol. The van der Waals surface area contributed by atoms with Crippen molar-refractivity contribution in [3.63, 3.8) is 0 Å². The largest absolute Gasteiger partial charge is 0.369 e. The molecule has 0 spiro atoms. The van der Waals surface area contributed by atoms with Crippen LogP contribution >= 0.6 is 0 Å². The molecule has 2 rings (SSSR count). The van der Waals surface area contributed by atoms with Crippen molar-refractivity contribution in [2.24, 2.45) is 11.7 Å². The van der Waals surface area contributed by atoms with E-state index in [9.17, 15) is 9.59 Å². The van der Waals surface area contributed by atoms with Crippen LogP contribution in [0.15, 0.2) is 0 Å². The minimum Gasteiger partial charge on any atom is -0.369 e. The lowest BCUT2D eigenvalue weighted by molar-refractivity contribution is -0.126. The number of aryl methyl sites for hydroxylation is 2. The fourth-order valence-corrected chi connectivity index (χ4v) is 2.73. The van der Waals surface area contributed by atoms with E-state index < -0.39 is 0 Å². The Labute approximate surface area is 124 Å². The van der Waals surface area contributed by atoms with Gasteiger partial charge in [0.25, 0.3) is 0 Å². The first kappa shape index (κ1) is 15.5. The number of piperidine rings is 1. The summed E-state index contributed by atoms with van der Waals surface area (Å²) in [5.41, 5.74) is 8.14. The van der Waals surface area contributed by atoms with Gasteiger partial charge in [-0.1, -0.05) is 0 Å². The summed E-state index contributed by atoms with van der Waals surface area (Å²) in [6, 6.07) is 0. The minimum absolute atomic E-state index is 0.0154. The van der Waals surface area contributed by atoms with E-state index in [2.05, 4.69) is 15.5 Å². The lowest BCUT2D eigenvalue weighted by atomic mass is 9.96. The Hall–Kier alpha value is -1.89. The van der Waals surface area contributed by atoms with Gasteiger partial charge in [-0.25, -0.2) is 0 Å². The molecule has 1 aliphatic heterocycles. The van der Waals surface area contributed by atoms with Gasteiger partial charge in [0.15, 0.2) is 0 Å². The molecule has 0 aliphatic carbocycles. The molecule has 2 amide bonds.